The predicted octanol–water partition coefficient (Wildman–Crippen LogP) is 7.94. The van der Waals surface area contributed by atoms with Gasteiger partial charge in [-0.1, -0.05) is 39.0 Å². The SMILES string of the molecule is C=C(C)C(=CC)CC[C@@H](C)[C@H]1CC[C@H]2[C@@H]3CCC4CC(O)CC[C@]4(C)[C@H]3CC[C@]12C. The number of aliphatic hydroxyl groups excluding tert-OH is 1. The zero-order valence-corrected chi connectivity index (χ0v) is 20.6. The van der Waals surface area contributed by atoms with Crippen LogP contribution in [0.3, 0.4) is 0 Å². The predicted molar refractivity (Wildman–Crippen MR) is 128 cm³/mol. The lowest BCUT2D eigenvalue weighted by molar-refractivity contribution is -0.129. The van der Waals surface area contributed by atoms with Gasteiger partial charge in [0.1, 0.15) is 0 Å². The number of fused-ring (bicyclic) bond motifs is 5. The van der Waals surface area contributed by atoms with Crippen LogP contribution in [0.5, 0.6) is 0 Å². The maximum Gasteiger partial charge on any atom is 0.0543 e. The first-order chi connectivity index (χ1) is 14.2. The lowest BCUT2D eigenvalue weighted by Gasteiger charge is -2.61. The van der Waals surface area contributed by atoms with Gasteiger partial charge in [-0.3, -0.25) is 0 Å². The molecule has 0 spiro atoms. The number of hydrogen-bond donors (Lipinski definition) is 1. The van der Waals surface area contributed by atoms with Gasteiger partial charge in [-0.15, -0.1) is 0 Å². The first-order valence-corrected chi connectivity index (χ1v) is 13.2. The highest BCUT2D eigenvalue weighted by atomic mass is 16.3. The highest BCUT2D eigenvalue weighted by Crippen LogP contribution is 2.68. The summed E-state index contributed by atoms with van der Waals surface area (Å²) in [6, 6.07) is 0. The van der Waals surface area contributed by atoms with Gasteiger partial charge in [-0.25, -0.2) is 0 Å². The Morgan fingerprint density at radius 1 is 1.03 bits per heavy atom. The van der Waals surface area contributed by atoms with E-state index in [1.165, 1.54) is 68.9 Å². The summed E-state index contributed by atoms with van der Waals surface area (Å²) in [7, 11) is 0. The van der Waals surface area contributed by atoms with Crippen LogP contribution in [0.4, 0.5) is 0 Å². The van der Waals surface area contributed by atoms with Crippen LogP contribution in [0, 0.1) is 46.3 Å². The smallest absolute Gasteiger partial charge is 0.0543 e. The first kappa shape index (κ1) is 22.6. The van der Waals surface area contributed by atoms with Gasteiger partial charge >= 0.3 is 0 Å². The molecule has 1 N–H and O–H groups in total. The second kappa shape index (κ2) is 8.42. The van der Waals surface area contributed by atoms with Gasteiger partial charge in [0.25, 0.3) is 0 Å². The van der Waals surface area contributed by atoms with Crippen molar-refractivity contribution >= 4 is 0 Å². The summed E-state index contributed by atoms with van der Waals surface area (Å²) in [4.78, 5) is 0. The van der Waals surface area contributed by atoms with Crippen molar-refractivity contribution < 1.29 is 5.11 Å². The Bertz CT molecular complexity index is 676. The molecule has 4 rings (SSSR count). The van der Waals surface area contributed by atoms with Crippen molar-refractivity contribution in [2.75, 3.05) is 0 Å². The molecule has 9 atom stereocenters. The van der Waals surface area contributed by atoms with Gasteiger partial charge in [0.2, 0.25) is 0 Å². The van der Waals surface area contributed by atoms with Crippen molar-refractivity contribution in [3.05, 3.63) is 23.8 Å². The second-order valence-corrected chi connectivity index (χ2v) is 12.4. The van der Waals surface area contributed by atoms with Crippen molar-refractivity contribution in [1.82, 2.24) is 0 Å². The van der Waals surface area contributed by atoms with Gasteiger partial charge in [-0.2, -0.15) is 0 Å². The number of aliphatic hydroxyl groups is 1. The molecule has 4 fully saturated rings. The van der Waals surface area contributed by atoms with Gasteiger partial charge in [0.15, 0.2) is 0 Å². The summed E-state index contributed by atoms with van der Waals surface area (Å²) >= 11 is 0. The van der Waals surface area contributed by atoms with E-state index in [-0.39, 0.29) is 6.10 Å². The minimum absolute atomic E-state index is 0.0218. The molecule has 0 saturated heterocycles. The first-order valence-electron chi connectivity index (χ1n) is 13.2. The van der Waals surface area contributed by atoms with E-state index >= 15 is 0 Å². The maximum absolute atomic E-state index is 10.3. The molecule has 30 heavy (non-hydrogen) atoms. The van der Waals surface area contributed by atoms with Gasteiger partial charge in [-0.05, 0) is 136 Å². The molecule has 4 aliphatic rings. The zero-order valence-electron chi connectivity index (χ0n) is 20.6. The van der Waals surface area contributed by atoms with Crippen LogP contribution in [-0.2, 0) is 0 Å². The monoisotopic (exact) mass is 412 g/mol. The Labute approximate surface area is 186 Å². The molecule has 0 heterocycles. The minimum atomic E-state index is -0.0218. The van der Waals surface area contributed by atoms with E-state index in [0.717, 1.165) is 48.3 Å². The van der Waals surface area contributed by atoms with Crippen molar-refractivity contribution in [2.24, 2.45) is 46.3 Å². The van der Waals surface area contributed by atoms with Crippen LogP contribution in [0.25, 0.3) is 0 Å². The summed E-state index contributed by atoms with van der Waals surface area (Å²) in [5, 5.41) is 10.3. The molecule has 0 radical (unpaired) electrons. The van der Waals surface area contributed by atoms with Crippen molar-refractivity contribution in [3.8, 4) is 0 Å². The fourth-order valence-corrected chi connectivity index (χ4v) is 9.40. The summed E-state index contributed by atoms with van der Waals surface area (Å²) in [5.41, 5.74) is 3.80. The lowest BCUT2D eigenvalue weighted by atomic mass is 9.44. The highest BCUT2D eigenvalue weighted by Gasteiger charge is 2.60. The number of allylic oxidation sites excluding steroid dienone is 3. The third-order valence-electron chi connectivity index (χ3n) is 11.2. The Morgan fingerprint density at radius 3 is 2.43 bits per heavy atom. The van der Waals surface area contributed by atoms with Crippen molar-refractivity contribution in [2.45, 2.75) is 111 Å². The summed E-state index contributed by atoms with van der Waals surface area (Å²) < 4.78 is 0. The molecule has 1 heteroatoms. The van der Waals surface area contributed by atoms with E-state index in [1.54, 1.807) is 0 Å². The molecular formula is C29H48O. The summed E-state index contributed by atoms with van der Waals surface area (Å²) in [6.45, 7) is 16.4. The largest absolute Gasteiger partial charge is 0.393 e. The van der Waals surface area contributed by atoms with Crippen LogP contribution in [-0.4, -0.2) is 11.2 Å². The van der Waals surface area contributed by atoms with Crippen molar-refractivity contribution in [1.29, 1.82) is 0 Å². The van der Waals surface area contributed by atoms with E-state index in [2.05, 4.69) is 47.3 Å². The van der Waals surface area contributed by atoms with Gasteiger partial charge in [0.05, 0.1) is 6.10 Å². The maximum atomic E-state index is 10.3. The van der Waals surface area contributed by atoms with E-state index in [9.17, 15) is 5.11 Å². The van der Waals surface area contributed by atoms with Crippen LogP contribution < -0.4 is 0 Å². The highest BCUT2D eigenvalue weighted by molar-refractivity contribution is 5.25. The van der Waals surface area contributed by atoms with E-state index in [4.69, 9.17) is 0 Å². The molecule has 0 bridgehead atoms. The topological polar surface area (TPSA) is 20.2 Å². The van der Waals surface area contributed by atoms with Crippen LogP contribution in [0.15, 0.2) is 23.8 Å². The molecule has 4 aliphatic carbocycles. The molecule has 4 saturated carbocycles. The molecule has 0 aromatic heterocycles. The standard InChI is InChI=1S/C29H48O/c1-7-21(19(2)3)9-8-20(4)25-12-13-26-24-11-10-22-18-23(30)14-16-28(22,5)27(24)15-17-29(25,26)6/h7,20,22-27,30H,2,8-18H2,1,3-6H3/t20-,22?,23?,24+,25-,26+,27+,28+,29-/m1/s1. The molecule has 0 aromatic rings. The van der Waals surface area contributed by atoms with E-state index in [1.807, 2.05) is 0 Å². The summed E-state index contributed by atoms with van der Waals surface area (Å²) in [5.74, 6) is 5.35. The zero-order chi connectivity index (χ0) is 21.7. The normalized spacial score (nSPS) is 47.2. The lowest BCUT2D eigenvalue weighted by Crippen LogP contribution is -2.54. The molecular weight excluding hydrogens is 364 g/mol. The van der Waals surface area contributed by atoms with E-state index in [0.29, 0.717) is 10.8 Å². The third-order valence-corrected chi connectivity index (χ3v) is 11.2. The Kier molecular flexibility index (Phi) is 6.35. The van der Waals surface area contributed by atoms with Crippen LogP contribution in [0.2, 0.25) is 0 Å². The minimum Gasteiger partial charge on any atom is -0.393 e. The average molecular weight is 413 g/mol. The third kappa shape index (κ3) is 3.66. The average Bonchev–Trinajstić information content (AvgIpc) is 3.06. The molecule has 170 valence electrons. The second-order valence-electron chi connectivity index (χ2n) is 12.4. The Balaban J connectivity index is 1.47. The van der Waals surface area contributed by atoms with E-state index < -0.39 is 0 Å². The Morgan fingerprint density at radius 2 is 1.73 bits per heavy atom. The van der Waals surface area contributed by atoms with Crippen LogP contribution in [0.1, 0.15) is 105 Å². The molecule has 0 amide bonds. The Hall–Kier alpha value is -0.560. The van der Waals surface area contributed by atoms with Crippen molar-refractivity contribution in [3.63, 3.8) is 0 Å². The summed E-state index contributed by atoms with van der Waals surface area (Å²) in [6.07, 6.45) is 16.9. The van der Waals surface area contributed by atoms with Crippen LogP contribution >= 0.6 is 0 Å². The fraction of sp³-hybridized carbons (Fsp3) is 0.862. The molecule has 0 aliphatic heterocycles. The van der Waals surface area contributed by atoms with Gasteiger partial charge in [0, 0.05) is 0 Å². The fourth-order valence-electron chi connectivity index (χ4n) is 9.40. The quantitative estimate of drug-likeness (QED) is 0.454. The molecule has 2 unspecified atom stereocenters. The number of hydrogen-bond acceptors (Lipinski definition) is 1. The van der Waals surface area contributed by atoms with Gasteiger partial charge < -0.3 is 5.11 Å². The molecule has 1 nitrogen and oxygen atoms in total. The number of rotatable bonds is 5. The molecule has 0 aromatic carbocycles.